The zero-order chi connectivity index (χ0) is 23.0. The highest BCUT2D eigenvalue weighted by Gasteiger charge is 2.42. The van der Waals surface area contributed by atoms with E-state index in [-0.39, 0.29) is 36.9 Å². The molecule has 1 atom stereocenters. The lowest BCUT2D eigenvalue weighted by molar-refractivity contribution is -0.140. The molecule has 2 aromatic rings. The third kappa shape index (κ3) is 8.38. The van der Waals surface area contributed by atoms with Crippen LogP contribution in [0.1, 0.15) is 49.2 Å². The first-order chi connectivity index (χ1) is 14.6. The molecule has 8 heteroatoms. The lowest BCUT2D eigenvalue weighted by Crippen LogP contribution is -2.53. The van der Waals surface area contributed by atoms with Gasteiger partial charge in [0.25, 0.3) is 5.91 Å². The summed E-state index contributed by atoms with van der Waals surface area (Å²) in [5.41, 5.74) is 7.45. The van der Waals surface area contributed by atoms with Gasteiger partial charge in [0.05, 0.1) is 0 Å². The third-order valence-corrected chi connectivity index (χ3v) is 5.10. The topological polar surface area (TPSA) is 115 Å². The quantitative estimate of drug-likeness (QED) is 0.492. The highest BCUT2D eigenvalue weighted by atomic mass is 35.5. The molecule has 0 saturated carbocycles. The van der Waals surface area contributed by atoms with E-state index in [4.69, 9.17) is 10.5 Å². The third-order valence-electron chi connectivity index (χ3n) is 5.10. The normalized spacial score (nSPS) is 12.5. The zero-order valence-corrected chi connectivity index (χ0v) is 20.0. The highest BCUT2D eigenvalue weighted by Crippen LogP contribution is 2.27. The molecule has 2 amide bonds. The fraction of sp³-hybridized carbons (Fsp3) is 0.458. The number of nitrogens with one attached hydrogen (secondary N) is 1. The van der Waals surface area contributed by atoms with Gasteiger partial charge in [0, 0.05) is 30.8 Å². The van der Waals surface area contributed by atoms with E-state index < -0.39 is 11.7 Å². The van der Waals surface area contributed by atoms with Crippen LogP contribution in [0.3, 0.4) is 0 Å². The van der Waals surface area contributed by atoms with Crippen LogP contribution in [0.15, 0.2) is 36.4 Å². The number of benzene rings is 1. The van der Waals surface area contributed by atoms with Crippen molar-refractivity contribution in [3.8, 4) is 5.75 Å². The number of aryl methyl sites for hydroxylation is 3. The second kappa shape index (κ2) is 12.3. The van der Waals surface area contributed by atoms with Gasteiger partial charge < -0.3 is 20.9 Å². The summed E-state index contributed by atoms with van der Waals surface area (Å²) in [4.78, 5) is 29.5. The molecular formula is C24H34ClN3O4. The van der Waals surface area contributed by atoms with E-state index in [0.717, 1.165) is 28.9 Å². The number of aromatic hydroxyl groups is 1. The molecule has 0 aliphatic carbocycles. The van der Waals surface area contributed by atoms with E-state index in [1.54, 1.807) is 12.1 Å². The molecule has 0 fully saturated rings. The minimum absolute atomic E-state index is 0. The number of pyridine rings is 1. The second-order valence-corrected chi connectivity index (χ2v) is 8.46. The molecule has 0 aliphatic rings. The Morgan fingerprint density at radius 2 is 1.72 bits per heavy atom. The van der Waals surface area contributed by atoms with Crippen molar-refractivity contribution in [1.29, 1.82) is 0 Å². The summed E-state index contributed by atoms with van der Waals surface area (Å²) in [6.45, 7) is 8.45. The number of carbonyl (C=O) groups excluding carboxylic acids is 2. The molecule has 1 aromatic carbocycles. The predicted octanol–water partition coefficient (Wildman–Crippen LogP) is 4.00. The maximum atomic E-state index is 13.3. The number of ether oxygens (including phenoxy) is 1. The summed E-state index contributed by atoms with van der Waals surface area (Å²) in [5, 5.41) is 12.5. The summed E-state index contributed by atoms with van der Waals surface area (Å²) in [6, 6.07) is 10.4. The molecule has 7 nitrogen and oxygen atoms in total. The van der Waals surface area contributed by atoms with Crippen molar-refractivity contribution in [2.24, 2.45) is 11.7 Å². The van der Waals surface area contributed by atoms with Gasteiger partial charge in [0.2, 0.25) is 0 Å². The predicted molar refractivity (Wildman–Crippen MR) is 127 cm³/mol. The van der Waals surface area contributed by atoms with Crippen molar-refractivity contribution in [1.82, 2.24) is 10.3 Å². The maximum Gasteiger partial charge on any atom is 0.405 e. The monoisotopic (exact) mass is 463 g/mol. The molecule has 0 aliphatic heterocycles. The second-order valence-electron chi connectivity index (χ2n) is 8.46. The van der Waals surface area contributed by atoms with Crippen molar-refractivity contribution >= 4 is 24.4 Å². The van der Waals surface area contributed by atoms with Crippen molar-refractivity contribution in [2.45, 2.75) is 59.0 Å². The Morgan fingerprint density at radius 3 is 2.25 bits per heavy atom. The number of halogens is 1. The molecule has 0 unspecified atom stereocenters. The van der Waals surface area contributed by atoms with E-state index in [2.05, 4.69) is 24.1 Å². The highest BCUT2D eigenvalue weighted by molar-refractivity contribution is 5.88. The van der Waals surface area contributed by atoms with Gasteiger partial charge in [-0.2, -0.15) is 0 Å². The van der Waals surface area contributed by atoms with Gasteiger partial charge in [-0.3, -0.25) is 9.78 Å². The van der Waals surface area contributed by atoms with Gasteiger partial charge in [-0.15, -0.1) is 12.4 Å². The largest absolute Gasteiger partial charge is 0.508 e. The molecule has 176 valence electrons. The van der Waals surface area contributed by atoms with Gasteiger partial charge in [-0.25, -0.2) is 4.79 Å². The standard InChI is InChI=1S/C24H33N3O4.ClH/c1-16(2)10-12-26-22(29)24(31-23(25)30,15-19-5-7-21(28)8-6-19)11-9-20-13-17(3)27-18(4)14-20;/h5-8,13-14,16,28H,9-12,15H2,1-4H3,(H2,25,30)(H,26,29);1H/t24-;/m0./s1. The molecule has 0 saturated heterocycles. The van der Waals surface area contributed by atoms with E-state index in [0.29, 0.717) is 18.9 Å². The van der Waals surface area contributed by atoms with Crippen LogP contribution in [0.4, 0.5) is 4.79 Å². The minimum atomic E-state index is -1.47. The maximum absolute atomic E-state index is 13.3. The number of amides is 2. The summed E-state index contributed by atoms with van der Waals surface area (Å²) < 4.78 is 5.52. The van der Waals surface area contributed by atoms with Crippen LogP contribution in [-0.2, 0) is 22.4 Å². The first kappa shape index (κ1) is 27.2. The number of rotatable bonds is 10. The van der Waals surface area contributed by atoms with Gasteiger partial charge >= 0.3 is 6.09 Å². The average Bonchev–Trinajstić information content (AvgIpc) is 2.66. The Labute approximate surface area is 196 Å². The number of nitrogens with two attached hydrogens (primary N) is 1. The van der Waals surface area contributed by atoms with Crippen molar-refractivity contribution in [3.63, 3.8) is 0 Å². The van der Waals surface area contributed by atoms with Gasteiger partial charge in [0.15, 0.2) is 5.60 Å². The molecule has 0 radical (unpaired) electrons. The lowest BCUT2D eigenvalue weighted by atomic mass is 9.86. The van der Waals surface area contributed by atoms with Gasteiger partial charge in [0.1, 0.15) is 5.75 Å². The number of aromatic nitrogens is 1. The first-order valence-electron chi connectivity index (χ1n) is 10.6. The molecule has 0 bridgehead atoms. The van der Waals surface area contributed by atoms with Gasteiger partial charge in [-0.05, 0) is 68.0 Å². The van der Waals surface area contributed by atoms with Crippen LogP contribution in [0.25, 0.3) is 0 Å². The van der Waals surface area contributed by atoms with Crippen LogP contribution in [0.2, 0.25) is 0 Å². The van der Waals surface area contributed by atoms with Crippen molar-refractivity contribution < 1.29 is 19.4 Å². The van der Waals surface area contributed by atoms with E-state index in [9.17, 15) is 14.7 Å². The fourth-order valence-electron chi connectivity index (χ4n) is 3.60. The smallest absolute Gasteiger partial charge is 0.405 e. The summed E-state index contributed by atoms with van der Waals surface area (Å²) in [7, 11) is 0. The number of nitrogens with zero attached hydrogens (tertiary/aromatic N) is 1. The van der Waals surface area contributed by atoms with Crippen molar-refractivity contribution in [3.05, 3.63) is 58.9 Å². The summed E-state index contributed by atoms with van der Waals surface area (Å²) >= 11 is 0. The minimum Gasteiger partial charge on any atom is -0.508 e. The number of carbonyl (C=O) groups is 2. The SMILES string of the molecule is Cc1cc(CC[C@@](Cc2ccc(O)cc2)(OC(N)=O)C(=O)NCCC(C)C)cc(C)n1.Cl. The first-order valence-corrected chi connectivity index (χ1v) is 10.6. The Kier molecular flexibility index (Phi) is 10.5. The number of hydrogen-bond acceptors (Lipinski definition) is 5. The molecule has 0 spiro atoms. The van der Waals surface area contributed by atoms with Gasteiger partial charge in [-0.1, -0.05) is 26.0 Å². The molecule has 32 heavy (non-hydrogen) atoms. The average molecular weight is 464 g/mol. The summed E-state index contributed by atoms with van der Waals surface area (Å²) in [5.74, 6) is 0.170. The fourth-order valence-corrected chi connectivity index (χ4v) is 3.60. The molecule has 1 aromatic heterocycles. The molecular weight excluding hydrogens is 430 g/mol. The Balaban J connectivity index is 0.00000512. The lowest BCUT2D eigenvalue weighted by Gasteiger charge is -2.32. The zero-order valence-electron chi connectivity index (χ0n) is 19.2. The van der Waals surface area contributed by atoms with E-state index >= 15 is 0 Å². The van der Waals surface area contributed by atoms with Crippen LogP contribution >= 0.6 is 12.4 Å². The van der Waals surface area contributed by atoms with Crippen LogP contribution in [0, 0.1) is 19.8 Å². The Bertz CT molecular complexity index is 882. The van der Waals surface area contributed by atoms with Crippen LogP contribution in [-0.4, -0.2) is 34.2 Å². The summed E-state index contributed by atoms with van der Waals surface area (Å²) in [6.07, 6.45) is 0.716. The molecule has 4 N–H and O–H groups in total. The number of hydrogen-bond donors (Lipinski definition) is 3. The molecule has 1 heterocycles. The van der Waals surface area contributed by atoms with Crippen LogP contribution < -0.4 is 11.1 Å². The number of phenolic OH excluding ortho intramolecular Hbond substituents is 1. The molecule has 2 rings (SSSR count). The van der Waals surface area contributed by atoms with E-state index in [1.165, 1.54) is 12.1 Å². The Hall–Kier alpha value is -2.80. The van der Waals surface area contributed by atoms with Crippen LogP contribution in [0.5, 0.6) is 5.75 Å². The number of phenols is 1. The van der Waals surface area contributed by atoms with E-state index in [1.807, 2.05) is 26.0 Å². The Morgan fingerprint density at radius 1 is 1.12 bits per heavy atom. The van der Waals surface area contributed by atoms with Crippen molar-refractivity contribution in [2.75, 3.05) is 6.54 Å². The number of primary amides is 1.